The first-order valence-corrected chi connectivity index (χ1v) is 13.5. The Morgan fingerprint density at radius 2 is 1.18 bits per heavy atom. The molecule has 2 N–H and O–H groups in total. The van der Waals surface area contributed by atoms with Gasteiger partial charge in [0.25, 0.3) is 11.1 Å². The third-order valence-electron chi connectivity index (χ3n) is 7.16. The fraction of sp³-hybridized carbons (Fsp3) is 0.333. The predicted octanol–water partition coefficient (Wildman–Crippen LogP) is 6.00. The average molecular weight is 547 g/mol. The van der Waals surface area contributed by atoms with Crippen LogP contribution in [0.4, 0.5) is 8.78 Å². The van der Waals surface area contributed by atoms with E-state index in [2.05, 4.69) is 19.9 Å². The Labute approximate surface area is 228 Å². The van der Waals surface area contributed by atoms with Crippen LogP contribution in [0.3, 0.4) is 0 Å². The first kappa shape index (κ1) is 27.2. The normalized spacial score (nSPS) is 11.8. The average Bonchev–Trinajstić information content (AvgIpc) is 3.46. The number of nitrogens with zero attached hydrogens (tertiary/aromatic N) is 4. The van der Waals surface area contributed by atoms with Crippen molar-refractivity contribution in [3.05, 3.63) is 91.3 Å². The molecule has 0 fully saturated rings. The summed E-state index contributed by atoms with van der Waals surface area (Å²) in [6.45, 7) is 12.0. The monoisotopic (exact) mass is 546 g/mol. The first-order chi connectivity index (χ1) is 19.0. The van der Waals surface area contributed by atoms with Gasteiger partial charge in [-0.25, -0.2) is 27.6 Å². The Kier molecular flexibility index (Phi) is 7.03. The Morgan fingerprint density at radius 3 is 1.70 bits per heavy atom. The van der Waals surface area contributed by atoms with Gasteiger partial charge < -0.3 is 9.97 Å². The van der Waals surface area contributed by atoms with Crippen molar-refractivity contribution in [1.82, 2.24) is 28.7 Å². The highest BCUT2D eigenvalue weighted by molar-refractivity contribution is 5.80. The summed E-state index contributed by atoms with van der Waals surface area (Å²) in [4.78, 5) is 40.5. The number of aromatic nitrogens is 6. The second kappa shape index (κ2) is 10.3. The van der Waals surface area contributed by atoms with Crippen LogP contribution in [0.1, 0.15) is 75.9 Å². The molecular weight excluding hydrogens is 514 g/mol. The van der Waals surface area contributed by atoms with Gasteiger partial charge in [-0.1, -0.05) is 41.5 Å². The largest absolute Gasteiger partial charge is 0.328 e. The topological polar surface area (TPSA) is 100 Å². The van der Waals surface area contributed by atoms with E-state index in [-0.39, 0.29) is 34.6 Å². The zero-order chi connectivity index (χ0) is 28.9. The van der Waals surface area contributed by atoms with Gasteiger partial charge in [-0.15, -0.1) is 0 Å². The molecule has 10 heteroatoms. The van der Waals surface area contributed by atoms with Crippen LogP contribution >= 0.6 is 0 Å². The number of benzene rings is 2. The lowest BCUT2D eigenvalue weighted by atomic mass is 10.0. The summed E-state index contributed by atoms with van der Waals surface area (Å²) in [6.07, 6.45) is 1.29. The molecule has 0 unspecified atom stereocenters. The maximum Gasteiger partial charge on any atom is 0.262 e. The van der Waals surface area contributed by atoms with E-state index < -0.39 is 0 Å². The number of fused-ring (bicyclic) bond motifs is 6. The van der Waals surface area contributed by atoms with Crippen molar-refractivity contribution in [3.8, 4) is 0 Å². The lowest BCUT2D eigenvalue weighted by Gasteiger charge is -2.11. The Balaban J connectivity index is 0.000000161. The van der Waals surface area contributed by atoms with Crippen LogP contribution < -0.4 is 11.1 Å². The van der Waals surface area contributed by atoms with Crippen LogP contribution in [0, 0.1) is 11.6 Å². The van der Waals surface area contributed by atoms with Gasteiger partial charge in [0.15, 0.2) is 0 Å². The summed E-state index contributed by atoms with van der Waals surface area (Å²) in [5.74, 6) is 0.629. The van der Waals surface area contributed by atoms with Crippen molar-refractivity contribution in [1.29, 1.82) is 0 Å². The van der Waals surface area contributed by atoms with E-state index in [1.165, 1.54) is 33.1 Å². The third-order valence-corrected chi connectivity index (χ3v) is 7.16. The second-order valence-corrected chi connectivity index (χ2v) is 10.5. The van der Waals surface area contributed by atoms with E-state index in [9.17, 15) is 18.4 Å². The molecule has 4 aromatic heterocycles. The molecule has 40 heavy (non-hydrogen) atoms. The van der Waals surface area contributed by atoms with Crippen LogP contribution in [0.15, 0.2) is 46.0 Å². The highest BCUT2D eigenvalue weighted by Gasteiger charge is 2.18. The maximum absolute atomic E-state index is 13.4. The molecule has 0 aliphatic carbocycles. The molecule has 208 valence electrons. The Bertz CT molecular complexity index is 2000. The molecule has 6 rings (SSSR count). The lowest BCUT2D eigenvalue weighted by molar-refractivity contribution is 0.629. The molecule has 0 saturated carbocycles. The fourth-order valence-electron chi connectivity index (χ4n) is 5.24. The van der Waals surface area contributed by atoms with Gasteiger partial charge in [-0.3, -0.25) is 9.59 Å². The minimum absolute atomic E-state index is 0.0703. The number of aromatic amines is 2. The lowest BCUT2D eigenvalue weighted by Crippen LogP contribution is -2.22. The van der Waals surface area contributed by atoms with Gasteiger partial charge in [0, 0.05) is 34.6 Å². The minimum Gasteiger partial charge on any atom is -0.328 e. The van der Waals surface area contributed by atoms with E-state index in [1.54, 1.807) is 12.1 Å². The van der Waals surface area contributed by atoms with Gasteiger partial charge in [0.2, 0.25) is 11.6 Å². The van der Waals surface area contributed by atoms with E-state index in [0.29, 0.717) is 46.5 Å². The van der Waals surface area contributed by atoms with Gasteiger partial charge in [-0.2, -0.15) is 0 Å². The standard InChI is InChI=1S/2C15H16FN3O/c1-4-10-13(8(2)3)18-15-17-11-7-9(16)5-6-12(11)19(15)14(10)20;1-4-10-13(8(2)3)18-15-17-11-6-5-9(16)7-12(11)19(15)14(10)20/h2*5-8H,4H2,1-3H3,(H,17,18). The molecule has 0 bridgehead atoms. The number of hydrogen-bond donors (Lipinski definition) is 2. The molecule has 0 atom stereocenters. The SMILES string of the molecule is CCc1c(C(C)C)[nH]c2nc3cc(F)ccc3n2c1=O.CCc1c(C(C)C)[nH]c2nc3ccc(F)cc3n2c1=O. The van der Waals surface area contributed by atoms with Crippen molar-refractivity contribution >= 4 is 33.6 Å². The van der Waals surface area contributed by atoms with E-state index in [1.807, 2.05) is 41.5 Å². The van der Waals surface area contributed by atoms with E-state index >= 15 is 0 Å². The van der Waals surface area contributed by atoms with Crippen molar-refractivity contribution < 1.29 is 8.78 Å². The Hall–Kier alpha value is -4.34. The van der Waals surface area contributed by atoms with Gasteiger partial charge in [0.1, 0.15) is 11.6 Å². The summed E-state index contributed by atoms with van der Waals surface area (Å²) < 4.78 is 29.7. The first-order valence-electron chi connectivity index (χ1n) is 13.5. The maximum atomic E-state index is 13.4. The minimum atomic E-state index is -0.371. The quantitative estimate of drug-likeness (QED) is 0.283. The van der Waals surface area contributed by atoms with Gasteiger partial charge in [0.05, 0.1) is 22.1 Å². The number of halogens is 2. The smallest absolute Gasteiger partial charge is 0.262 e. The summed E-state index contributed by atoms with van der Waals surface area (Å²) in [7, 11) is 0. The van der Waals surface area contributed by atoms with Crippen molar-refractivity contribution in [3.63, 3.8) is 0 Å². The molecule has 0 spiro atoms. The van der Waals surface area contributed by atoms with Crippen LogP contribution in [-0.2, 0) is 12.8 Å². The Morgan fingerprint density at radius 1 is 0.700 bits per heavy atom. The number of H-pyrrole nitrogens is 2. The molecule has 4 heterocycles. The molecule has 8 nitrogen and oxygen atoms in total. The van der Waals surface area contributed by atoms with Crippen molar-refractivity contribution in [2.75, 3.05) is 0 Å². The van der Waals surface area contributed by atoms with Crippen LogP contribution in [0.25, 0.3) is 33.6 Å². The zero-order valence-electron chi connectivity index (χ0n) is 23.4. The highest BCUT2D eigenvalue weighted by atomic mass is 19.1. The molecule has 0 amide bonds. The van der Waals surface area contributed by atoms with E-state index in [4.69, 9.17) is 0 Å². The van der Waals surface area contributed by atoms with Crippen molar-refractivity contribution in [2.24, 2.45) is 0 Å². The number of nitrogens with one attached hydrogen (secondary N) is 2. The number of hydrogen-bond acceptors (Lipinski definition) is 4. The van der Waals surface area contributed by atoms with E-state index in [0.717, 1.165) is 22.5 Å². The predicted molar refractivity (Wildman–Crippen MR) is 153 cm³/mol. The van der Waals surface area contributed by atoms with Crippen LogP contribution in [0.5, 0.6) is 0 Å². The highest BCUT2D eigenvalue weighted by Crippen LogP contribution is 2.21. The van der Waals surface area contributed by atoms with Gasteiger partial charge in [-0.05, 0) is 48.9 Å². The molecule has 0 saturated heterocycles. The summed E-state index contributed by atoms with van der Waals surface area (Å²) >= 11 is 0. The second-order valence-electron chi connectivity index (χ2n) is 10.5. The number of imidazole rings is 2. The summed E-state index contributed by atoms with van der Waals surface area (Å²) in [5.41, 5.74) is 5.36. The molecule has 6 aromatic rings. The summed E-state index contributed by atoms with van der Waals surface area (Å²) in [6, 6.07) is 8.57. The van der Waals surface area contributed by atoms with Crippen molar-refractivity contribution in [2.45, 2.75) is 66.2 Å². The summed E-state index contributed by atoms with van der Waals surface area (Å²) in [5, 5.41) is 0. The molecule has 0 aliphatic rings. The molecule has 2 aromatic carbocycles. The number of rotatable bonds is 4. The fourth-order valence-corrected chi connectivity index (χ4v) is 5.24. The van der Waals surface area contributed by atoms with Crippen LogP contribution in [0.2, 0.25) is 0 Å². The zero-order valence-corrected chi connectivity index (χ0v) is 23.4. The molecule has 0 radical (unpaired) electrons. The molecular formula is C30H32F2N6O2. The third kappa shape index (κ3) is 4.47. The van der Waals surface area contributed by atoms with Gasteiger partial charge >= 0.3 is 0 Å². The molecule has 0 aliphatic heterocycles. The van der Waals surface area contributed by atoms with Crippen LogP contribution in [-0.4, -0.2) is 28.7 Å².